The van der Waals surface area contributed by atoms with E-state index in [9.17, 15) is 14.9 Å². The van der Waals surface area contributed by atoms with Crippen molar-refractivity contribution in [3.63, 3.8) is 0 Å². The number of anilines is 1. The van der Waals surface area contributed by atoms with Crippen LogP contribution < -0.4 is 5.32 Å². The Bertz CT molecular complexity index is 555. The van der Waals surface area contributed by atoms with Gasteiger partial charge in [0.05, 0.1) is 10.5 Å². The van der Waals surface area contributed by atoms with Crippen molar-refractivity contribution in [2.24, 2.45) is 5.41 Å². The fourth-order valence-electron chi connectivity index (χ4n) is 2.59. The Morgan fingerprint density at radius 2 is 2.15 bits per heavy atom. The van der Waals surface area contributed by atoms with E-state index < -0.39 is 4.92 Å². The van der Waals surface area contributed by atoms with Gasteiger partial charge in [0, 0.05) is 26.2 Å². The Kier molecular flexibility index (Phi) is 3.65. The first-order valence-electron chi connectivity index (χ1n) is 6.60. The number of likely N-dealkylation sites (tertiary alicyclic amines) is 1. The van der Waals surface area contributed by atoms with Gasteiger partial charge in [0.25, 0.3) is 11.6 Å². The summed E-state index contributed by atoms with van der Waals surface area (Å²) in [6.07, 6.45) is 0.947. The second-order valence-corrected chi connectivity index (χ2v) is 5.85. The number of rotatable bonds is 3. The Balaban J connectivity index is 2.36. The van der Waals surface area contributed by atoms with Gasteiger partial charge in [-0.2, -0.15) is 0 Å². The summed E-state index contributed by atoms with van der Waals surface area (Å²) in [5, 5.41) is 13.8. The highest BCUT2D eigenvalue weighted by Gasteiger charge is 2.34. The molecular weight excluding hydrogens is 258 g/mol. The van der Waals surface area contributed by atoms with Gasteiger partial charge in [0.15, 0.2) is 0 Å². The van der Waals surface area contributed by atoms with Crippen LogP contribution in [0.1, 0.15) is 30.6 Å². The largest absolute Gasteiger partial charge is 0.382 e. The summed E-state index contributed by atoms with van der Waals surface area (Å²) in [6.45, 7) is 5.61. The van der Waals surface area contributed by atoms with E-state index in [1.54, 1.807) is 24.1 Å². The predicted molar refractivity (Wildman–Crippen MR) is 76.9 cm³/mol. The van der Waals surface area contributed by atoms with E-state index in [2.05, 4.69) is 19.2 Å². The van der Waals surface area contributed by atoms with E-state index in [0.29, 0.717) is 18.7 Å². The third-order valence-electron chi connectivity index (χ3n) is 3.68. The van der Waals surface area contributed by atoms with Crippen LogP contribution in [0.15, 0.2) is 18.2 Å². The first kappa shape index (κ1) is 14.3. The lowest BCUT2D eigenvalue weighted by Crippen LogP contribution is -2.30. The predicted octanol–water partition coefficient (Wildman–Crippen LogP) is 2.51. The van der Waals surface area contributed by atoms with Gasteiger partial charge >= 0.3 is 0 Å². The van der Waals surface area contributed by atoms with E-state index >= 15 is 0 Å². The van der Waals surface area contributed by atoms with Crippen molar-refractivity contribution < 1.29 is 9.72 Å². The average Bonchev–Trinajstić information content (AvgIpc) is 2.77. The molecule has 1 aliphatic heterocycles. The zero-order valence-corrected chi connectivity index (χ0v) is 12.0. The summed E-state index contributed by atoms with van der Waals surface area (Å²) in [4.78, 5) is 24.9. The summed E-state index contributed by atoms with van der Waals surface area (Å²) in [5.41, 5.74) is 0.680. The standard InChI is InChI=1S/C14H19N3O3/c1-14(2)7-8-16(9-14)13(18)10-5-4-6-11(17(19)20)12(10)15-3/h4-6,15H,7-9H2,1-3H3. The maximum atomic E-state index is 12.6. The number of para-hydroxylation sites is 1. The minimum Gasteiger partial charge on any atom is -0.382 e. The Labute approximate surface area is 117 Å². The van der Waals surface area contributed by atoms with E-state index in [4.69, 9.17) is 0 Å². The Morgan fingerprint density at radius 1 is 1.45 bits per heavy atom. The number of carbonyl (C=O) groups excluding carboxylic acids is 1. The molecule has 0 unspecified atom stereocenters. The zero-order valence-electron chi connectivity index (χ0n) is 12.0. The quantitative estimate of drug-likeness (QED) is 0.680. The molecule has 2 rings (SSSR count). The van der Waals surface area contributed by atoms with Crippen LogP contribution in [-0.2, 0) is 0 Å². The van der Waals surface area contributed by atoms with Crippen LogP contribution in [0.3, 0.4) is 0 Å². The van der Waals surface area contributed by atoms with Crippen LogP contribution in [0.5, 0.6) is 0 Å². The van der Waals surface area contributed by atoms with Gasteiger partial charge < -0.3 is 10.2 Å². The van der Waals surface area contributed by atoms with Crippen LogP contribution in [0.4, 0.5) is 11.4 Å². The number of hydrogen-bond donors (Lipinski definition) is 1. The molecule has 1 saturated heterocycles. The molecule has 20 heavy (non-hydrogen) atoms. The first-order valence-corrected chi connectivity index (χ1v) is 6.60. The zero-order chi connectivity index (χ0) is 14.9. The molecule has 108 valence electrons. The average molecular weight is 277 g/mol. The van der Waals surface area contributed by atoms with Crippen LogP contribution in [0, 0.1) is 15.5 Å². The monoisotopic (exact) mass is 277 g/mol. The van der Waals surface area contributed by atoms with E-state index in [-0.39, 0.29) is 22.7 Å². The number of nitrogens with zero attached hydrogens (tertiary/aromatic N) is 2. The highest BCUT2D eigenvalue weighted by atomic mass is 16.6. The Morgan fingerprint density at radius 3 is 2.65 bits per heavy atom. The second kappa shape index (κ2) is 5.11. The number of amides is 1. The van der Waals surface area contributed by atoms with Gasteiger partial charge in [0.2, 0.25) is 0 Å². The normalized spacial score (nSPS) is 17.1. The molecule has 0 spiro atoms. The lowest BCUT2D eigenvalue weighted by molar-refractivity contribution is -0.384. The van der Waals surface area contributed by atoms with Crippen molar-refractivity contribution in [2.75, 3.05) is 25.5 Å². The molecule has 0 aromatic heterocycles. The van der Waals surface area contributed by atoms with E-state index in [1.807, 2.05) is 0 Å². The summed E-state index contributed by atoms with van der Waals surface area (Å²) < 4.78 is 0. The van der Waals surface area contributed by atoms with Crippen molar-refractivity contribution in [3.8, 4) is 0 Å². The van der Waals surface area contributed by atoms with Crippen LogP contribution in [0.2, 0.25) is 0 Å². The molecule has 0 aliphatic carbocycles. The molecule has 0 bridgehead atoms. The van der Waals surface area contributed by atoms with Crippen LogP contribution in [-0.4, -0.2) is 35.9 Å². The molecule has 1 N–H and O–H groups in total. The highest BCUT2D eigenvalue weighted by Crippen LogP contribution is 2.33. The molecule has 0 radical (unpaired) electrons. The van der Waals surface area contributed by atoms with Crippen molar-refractivity contribution >= 4 is 17.3 Å². The molecule has 1 aliphatic rings. The first-order chi connectivity index (χ1) is 9.35. The lowest BCUT2D eigenvalue weighted by atomic mass is 9.93. The smallest absolute Gasteiger partial charge is 0.293 e. The van der Waals surface area contributed by atoms with Crippen LogP contribution in [0.25, 0.3) is 0 Å². The third kappa shape index (κ3) is 2.59. The van der Waals surface area contributed by atoms with Gasteiger partial charge in [0.1, 0.15) is 5.69 Å². The summed E-state index contributed by atoms with van der Waals surface area (Å²) in [5.74, 6) is -0.149. The number of carbonyl (C=O) groups is 1. The molecule has 1 aromatic carbocycles. The third-order valence-corrected chi connectivity index (χ3v) is 3.68. The maximum Gasteiger partial charge on any atom is 0.293 e. The molecule has 6 heteroatoms. The van der Waals surface area contributed by atoms with E-state index in [1.165, 1.54) is 6.07 Å². The minimum atomic E-state index is -0.476. The molecule has 1 heterocycles. The molecule has 6 nitrogen and oxygen atoms in total. The number of hydrogen-bond acceptors (Lipinski definition) is 4. The Hall–Kier alpha value is -2.11. The molecular formula is C14H19N3O3. The fourth-order valence-corrected chi connectivity index (χ4v) is 2.59. The van der Waals surface area contributed by atoms with Crippen LogP contribution >= 0.6 is 0 Å². The van der Waals surface area contributed by atoms with Crippen molar-refractivity contribution in [1.29, 1.82) is 0 Å². The highest BCUT2D eigenvalue weighted by molar-refractivity contribution is 6.01. The minimum absolute atomic E-state index is 0.0724. The summed E-state index contributed by atoms with van der Waals surface area (Å²) >= 11 is 0. The van der Waals surface area contributed by atoms with Gasteiger partial charge in [-0.15, -0.1) is 0 Å². The SMILES string of the molecule is CNc1c(C(=O)N2CCC(C)(C)C2)cccc1[N+](=O)[O-]. The number of nitro benzene ring substituents is 1. The van der Waals surface area contributed by atoms with Crippen molar-refractivity contribution in [1.82, 2.24) is 4.90 Å². The fraction of sp³-hybridized carbons (Fsp3) is 0.500. The summed E-state index contributed by atoms with van der Waals surface area (Å²) in [6, 6.07) is 4.58. The number of nitro groups is 1. The summed E-state index contributed by atoms with van der Waals surface area (Å²) in [7, 11) is 1.59. The number of benzene rings is 1. The maximum absolute atomic E-state index is 12.6. The topological polar surface area (TPSA) is 75.5 Å². The van der Waals surface area contributed by atoms with Crippen molar-refractivity contribution in [2.45, 2.75) is 20.3 Å². The molecule has 1 amide bonds. The second-order valence-electron chi connectivity index (χ2n) is 5.85. The molecule has 0 atom stereocenters. The molecule has 0 saturated carbocycles. The molecule has 1 fully saturated rings. The van der Waals surface area contributed by atoms with E-state index in [0.717, 1.165) is 6.42 Å². The lowest BCUT2D eigenvalue weighted by Gasteiger charge is -2.21. The van der Waals surface area contributed by atoms with Gasteiger partial charge in [-0.3, -0.25) is 14.9 Å². The van der Waals surface area contributed by atoms with Gasteiger partial charge in [-0.25, -0.2) is 0 Å². The number of nitrogens with one attached hydrogen (secondary N) is 1. The van der Waals surface area contributed by atoms with Gasteiger partial charge in [-0.1, -0.05) is 19.9 Å². The van der Waals surface area contributed by atoms with Gasteiger partial charge in [-0.05, 0) is 17.9 Å². The molecule has 1 aromatic rings. The van der Waals surface area contributed by atoms with Crippen molar-refractivity contribution in [3.05, 3.63) is 33.9 Å².